The molecule has 2 aromatic rings. The number of hydrogen-bond acceptors (Lipinski definition) is 2. The van der Waals surface area contributed by atoms with E-state index in [1.165, 1.54) is 6.07 Å². The Bertz CT molecular complexity index is 690. The van der Waals surface area contributed by atoms with Crippen molar-refractivity contribution in [2.24, 2.45) is 0 Å². The van der Waals surface area contributed by atoms with Crippen LogP contribution >= 0.6 is 12.2 Å². The minimum absolute atomic E-state index is 0.119. The van der Waals surface area contributed by atoms with Gasteiger partial charge in [-0.05, 0) is 43.3 Å². The van der Waals surface area contributed by atoms with Gasteiger partial charge in [0.2, 0.25) is 0 Å². The zero-order valence-electron chi connectivity index (χ0n) is 11.2. The largest absolute Gasteiger partial charge is 0.330 e. The van der Waals surface area contributed by atoms with Crippen LogP contribution in [0.25, 0.3) is 11.0 Å². The lowest BCUT2D eigenvalue weighted by Crippen LogP contribution is -2.12. The van der Waals surface area contributed by atoms with Crippen LogP contribution in [0.5, 0.6) is 0 Å². The van der Waals surface area contributed by atoms with Crippen LogP contribution in [0.4, 0.5) is 4.39 Å². The highest BCUT2D eigenvalue weighted by Crippen LogP contribution is 2.19. The van der Waals surface area contributed by atoms with Gasteiger partial charge in [-0.3, -0.25) is 4.21 Å². The molecule has 0 spiro atoms. The van der Waals surface area contributed by atoms with Crippen molar-refractivity contribution in [2.45, 2.75) is 32.1 Å². The zero-order valence-corrected chi connectivity index (χ0v) is 12.8. The van der Waals surface area contributed by atoms with E-state index < -0.39 is 10.8 Å². The standard InChI is InChI=1S/C13H17FN2OS2/c1-8-6-12-11(7-10(8)14)15-13(18)16(12)5-4-9(2)19(3)17/h6-7,9H,4-5H2,1-3H3,(H,15,18). The summed E-state index contributed by atoms with van der Waals surface area (Å²) in [5, 5.41) is 0.119. The molecule has 0 bridgehead atoms. The second-order valence-electron chi connectivity index (χ2n) is 4.80. The minimum atomic E-state index is -0.838. The van der Waals surface area contributed by atoms with E-state index in [0.717, 1.165) is 11.9 Å². The third kappa shape index (κ3) is 2.95. The van der Waals surface area contributed by atoms with E-state index in [1.54, 1.807) is 19.2 Å². The summed E-state index contributed by atoms with van der Waals surface area (Å²) in [6.45, 7) is 4.38. The molecule has 0 aliphatic carbocycles. The Morgan fingerprint density at radius 3 is 2.84 bits per heavy atom. The molecule has 0 fully saturated rings. The van der Waals surface area contributed by atoms with Crippen molar-refractivity contribution in [3.8, 4) is 0 Å². The molecule has 3 nitrogen and oxygen atoms in total. The molecule has 2 unspecified atom stereocenters. The number of H-pyrrole nitrogens is 1. The summed E-state index contributed by atoms with van der Waals surface area (Å²) in [5.41, 5.74) is 2.21. The molecule has 0 saturated heterocycles. The van der Waals surface area contributed by atoms with Crippen molar-refractivity contribution in [1.82, 2.24) is 9.55 Å². The van der Waals surface area contributed by atoms with Crippen LogP contribution in [0.15, 0.2) is 12.1 Å². The molecule has 0 saturated carbocycles. The maximum absolute atomic E-state index is 13.5. The third-order valence-electron chi connectivity index (χ3n) is 3.38. The molecule has 2 atom stereocenters. The van der Waals surface area contributed by atoms with Crippen LogP contribution in [-0.2, 0) is 17.3 Å². The molecule has 1 aromatic heterocycles. The van der Waals surface area contributed by atoms with Crippen molar-refractivity contribution in [1.29, 1.82) is 0 Å². The van der Waals surface area contributed by atoms with Crippen molar-refractivity contribution in [2.75, 3.05) is 6.26 Å². The number of rotatable bonds is 4. The van der Waals surface area contributed by atoms with Crippen molar-refractivity contribution >= 4 is 34.1 Å². The van der Waals surface area contributed by atoms with Crippen LogP contribution in [0, 0.1) is 17.5 Å². The second kappa shape index (κ2) is 5.54. The predicted molar refractivity (Wildman–Crippen MR) is 80.0 cm³/mol. The molecule has 104 valence electrons. The molecule has 0 aliphatic rings. The third-order valence-corrected chi connectivity index (χ3v) is 5.07. The highest BCUT2D eigenvalue weighted by atomic mass is 32.2. The van der Waals surface area contributed by atoms with Crippen molar-refractivity contribution < 1.29 is 8.60 Å². The molecule has 1 N–H and O–H groups in total. The lowest BCUT2D eigenvalue weighted by atomic mass is 10.2. The van der Waals surface area contributed by atoms with Gasteiger partial charge >= 0.3 is 0 Å². The normalized spacial score (nSPS) is 14.7. The summed E-state index contributed by atoms with van der Waals surface area (Å²) >= 11 is 5.27. The number of aromatic nitrogens is 2. The number of nitrogens with zero attached hydrogens (tertiary/aromatic N) is 1. The molecular formula is C13H17FN2OS2. The van der Waals surface area contributed by atoms with Crippen LogP contribution < -0.4 is 0 Å². The Labute approximate surface area is 119 Å². The number of halogens is 1. The molecule has 2 rings (SSSR count). The highest BCUT2D eigenvalue weighted by molar-refractivity contribution is 7.84. The van der Waals surface area contributed by atoms with Crippen LogP contribution in [-0.4, -0.2) is 25.3 Å². The average Bonchev–Trinajstić information content (AvgIpc) is 2.62. The molecule has 0 radical (unpaired) electrons. The number of aryl methyl sites for hydroxylation is 2. The Balaban J connectivity index is 2.38. The topological polar surface area (TPSA) is 37.8 Å². The summed E-state index contributed by atoms with van der Waals surface area (Å²) in [6.07, 6.45) is 2.49. The van der Waals surface area contributed by atoms with Crippen molar-refractivity contribution in [3.05, 3.63) is 28.3 Å². The van der Waals surface area contributed by atoms with Gasteiger partial charge in [-0.2, -0.15) is 0 Å². The Morgan fingerprint density at radius 1 is 1.53 bits per heavy atom. The quantitative estimate of drug-likeness (QED) is 0.880. The van der Waals surface area contributed by atoms with Crippen molar-refractivity contribution in [3.63, 3.8) is 0 Å². The first-order chi connectivity index (χ1) is 8.90. The predicted octanol–water partition coefficient (Wildman–Crippen LogP) is 3.30. The first-order valence-corrected chi connectivity index (χ1v) is 8.14. The fraction of sp³-hybridized carbons (Fsp3) is 0.462. The maximum Gasteiger partial charge on any atom is 0.178 e. The number of aromatic amines is 1. The number of benzene rings is 1. The molecule has 19 heavy (non-hydrogen) atoms. The summed E-state index contributed by atoms with van der Waals surface area (Å²) in [4.78, 5) is 3.01. The van der Waals surface area contributed by atoms with Crippen LogP contribution in [0.1, 0.15) is 18.9 Å². The molecule has 6 heteroatoms. The SMILES string of the molecule is Cc1cc2c(cc1F)[nH]c(=S)n2CCC(C)S(C)=O. The molecule has 1 heterocycles. The summed E-state index contributed by atoms with van der Waals surface area (Å²) in [5.74, 6) is -0.237. The summed E-state index contributed by atoms with van der Waals surface area (Å²) < 4.78 is 27.4. The molecule has 1 aromatic carbocycles. The van der Waals surface area contributed by atoms with Gasteiger partial charge in [0, 0.05) is 28.9 Å². The van der Waals surface area contributed by atoms with Gasteiger partial charge in [-0.15, -0.1) is 0 Å². The molecule has 0 amide bonds. The van der Waals surface area contributed by atoms with Gasteiger partial charge < -0.3 is 9.55 Å². The lowest BCUT2D eigenvalue weighted by Gasteiger charge is -2.09. The van der Waals surface area contributed by atoms with E-state index in [1.807, 2.05) is 11.5 Å². The van der Waals surface area contributed by atoms with Gasteiger partial charge in [-0.25, -0.2) is 4.39 Å². The van der Waals surface area contributed by atoms with E-state index in [2.05, 4.69) is 4.98 Å². The Hall–Kier alpha value is -1.01. The van der Waals surface area contributed by atoms with E-state index in [4.69, 9.17) is 12.2 Å². The minimum Gasteiger partial charge on any atom is -0.330 e. The number of imidazole rings is 1. The Kier molecular flexibility index (Phi) is 4.20. The van der Waals surface area contributed by atoms with Gasteiger partial charge in [0.05, 0.1) is 11.0 Å². The number of fused-ring (bicyclic) bond motifs is 1. The fourth-order valence-corrected chi connectivity index (χ4v) is 2.72. The van der Waals surface area contributed by atoms with Crippen LogP contribution in [0.2, 0.25) is 0 Å². The van der Waals surface area contributed by atoms with Crippen LogP contribution in [0.3, 0.4) is 0 Å². The maximum atomic E-state index is 13.5. The monoisotopic (exact) mass is 300 g/mol. The van der Waals surface area contributed by atoms with Gasteiger partial charge in [0.15, 0.2) is 4.77 Å². The average molecular weight is 300 g/mol. The second-order valence-corrected chi connectivity index (χ2v) is 6.99. The van der Waals surface area contributed by atoms with E-state index in [-0.39, 0.29) is 11.1 Å². The lowest BCUT2D eigenvalue weighted by molar-refractivity contribution is 0.617. The number of nitrogens with one attached hydrogen (secondary N) is 1. The zero-order chi connectivity index (χ0) is 14.2. The van der Waals surface area contributed by atoms with E-state index in [9.17, 15) is 8.60 Å². The highest BCUT2D eigenvalue weighted by Gasteiger charge is 2.11. The first kappa shape index (κ1) is 14.4. The molecule has 0 aliphatic heterocycles. The number of hydrogen-bond donors (Lipinski definition) is 1. The smallest absolute Gasteiger partial charge is 0.178 e. The van der Waals surface area contributed by atoms with E-state index >= 15 is 0 Å². The fourth-order valence-electron chi connectivity index (χ4n) is 1.98. The van der Waals surface area contributed by atoms with E-state index in [0.29, 0.717) is 22.4 Å². The molecular weight excluding hydrogens is 283 g/mol. The summed E-state index contributed by atoms with van der Waals surface area (Å²) in [7, 11) is -0.838. The van der Waals surface area contributed by atoms with Gasteiger partial charge in [0.25, 0.3) is 0 Å². The Morgan fingerprint density at radius 2 is 2.21 bits per heavy atom. The summed E-state index contributed by atoms with van der Waals surface area (Å²) in [6, 6.07) is 3.27. The van der Waals surface area contributed by atoms with Gasteiger partial charge in [-0.1, -0.05) is 6.92 Å². The first-order valence-electron chi connectivity index (χ1n) is 6.11. The van der Waals surface area contributed by atoms with Gasteiger partial charge in [0.1, 0.15) is 5.82 Å².